The Morgan fingerprint density at radius 2 is 1.67 bits per heavy atom. The van der Waals surface area contributed by atoms with Crippen LogP contribution < -0.4 is 21.7 Å². The highest BCUT2D eigenvalue weighted by atomic mass is 16.4. The standard InChI is InChI=1S/C27H41N5O7/c1-15(2)12-20(25(37)29-14-22(34)35)30-26(38)21-6-5-11-32(21)27(39)23(16(3)4)31-24(36)19(28)13-17-7-9-18(33)10-8-17/h7-10,15-16,19-21,23,33H,5-6,11-14,28H2,1-4H3,(H,29,37)(H,30,38)(H,31,36)(H,34,35)/t19-,20-,21-,23-/m0/s1. The molecule has 4 atom stereocenters. The third kappa shape index (κ3) is 9.54. The highest BCUT2D eigenvalue weighted by Gasteiger charge is 2.40. The molecule has 4 amide bonds. The van der Waals surface area contributed by atoms with Crippen LogP contribution >= 0.6 is 0 Å². The van der Waals surface area contributed by atoms with E-state index in [2.05, 4.69) is 16.0 Å². The molecule has 0 spiro atoms. The van der Waals surface area contributed by atoms with Gasteiger partial charge in [0, 0.05) is 6.54 Å². The van der Waals surface area contributed by atoms with Gasteiger partial charge in [-0.2, -0.15) is 0 Å². The Morgan fingerprint density at radius 3 is 2.23 bits per heavy atom. The van der Waals surface area contributed by atoms with Gasteiger partial charge in [0.2, 0.25) is 23.6 Å². The number of rotatable bonds is 13. The Bertz CT molecular complexity index is 1030. The molecule has 1 heterocycles. The summed E-state index contributed by atoms with van der Waals surface area (Å²) in [4.78, 5) is 64.4. The lowest BCUT2D eigenvalue weighted by atomic mass is 10.00. The van der Waals surface area contributed by atoms with E-state index in [1.54, 1.807) is 26.0 Å². The van der Waals surface area contributed by atoms with Crippen molar-refractivity contribution in [2.45, 2.75) is 77.5 Å². The minimum atomic E-state index is -1.20. The molecule has 0 bridgehead atoms. The molecule has 1 aliphatic rings. The average molecular weight is 548 g/mol. The van der Waals surface area contributed by atoms with Crippen molar-refractivity contribution in [3.63, 3.8) is 0 Å². The SMILES string of the molecule is CC(C)C[C@H](NC(=O)[C@@H]1CCCN1C(=O)[C@@H](NC(=O)[C@@H](N)Cc1ccc(O)cc1)C(C)C)C(=O)NCC(=O)O. The Labute approximate surface area is 228 Å². The Hall–Kier alpha value is -3.67. The lowest BCUT2D eigenvalue weighted by molar-refractivity contribution is -0.143. The summed E-state index contributed by atoms with van der Waals surface area (Å²) < 4.78 is 0. The van der Waals surface area contributed by atoms with Gasteiger partial charge < -0.3 is 36.8 Å². The number of nitrogens with zero attached hydrogens (tertiary/aromatic N) is 1. The van der Waals surface area contributed by atoms with E-state index < -0.39 is 60.3 Å². The second kappa shape index (κ2) is 14.5. The van der Waals surface area contributed by atoms with Gasteiger partial charge in [0.1, 0.15) is 30.4 Å². The van der Waals surface area contributed by atoms with E-state index in [-0.39, 0.29) is 24.0 Å². The number of phenolic OH excluding ortho intramolecular Hbond substituents is 1. The molecule has 7 N–H and O–H groups in total. The predicted molar refractivity (Wildman–Crippen MR) is 143 cm³/mol. The molecule has 0 radical (unpaired) electrons. The van der Waals surface area contributed by atoms with Gasteiger partial charge >= 0.3 is 5.97 Å². The van der Waals surface area contributed by atoms with Crippen molar-refractivity contribution < 1.29 is 34.2 Å². The fourth-order valence-electron chi connectivity index (χ4n) is 4.49. The van der Waals surface area contributed by atoms with Crippen molar-refractivity contribution in [3.8, 4) is 5.75 Å². The number of carboxylic acids is 1. The second-order valence-electron chi connectivity index (χ2n) is 10.7. The molecule has 1 aromatic carbocycles. The number of phenols is 1. The monoisotopic (exact) mass is 547 g/mol. The Morgan fingerprint density at radius 1 is 1.03 bits per heavy atom. The van der Waals surface area contributed by atoms with Gasteiger partial charge in [-0.15, -0.1) is 0 Å². The van der Waals surface area contributed by atoms with Crippen LogP contribution in [-0.2, 0) is 30.4 Å². The number of carboxylic acid groups (broad SMARTS) is 1. The zero-order valence-corrected chi connectivity index (χ0v) is 23.0. The van der Waals surface area contributed by atoms with Crippen LogP contribution in [0.4, 0.5) is 0 Å². The fourth-order valence-corrected chi connectivity index (χ4v) is 4.49. The number of carbonyl (C=O) groups is 5. The van der Waals surface area contributed by atoms with Crippen LogP contribution in [0.25, 0.3) is 0 Å². The van der Waals surface area contributed by atoms with Crippen LogP contribution in [0.15, 0.2) is 24.3 Å². The zero-order chi connectivity index (χ0) is 29.3. The van der Waals surface area contributed by atoms with Crippen molar-refractivity contribution in [3.05, 3.63) is 29.8 Å². The first-order valence-corrected chi connectivity index (χ1v) is 13.2. The number of benzene rings is 1. The fraction of sp³-hybridized carbons (Fsp3) is 0.593. The van der Waals surface area contributed by atoms with E-state index in [0.717, 1.165) is 5.56 Å². The molecule has 12 heteroatoms. The summed E-state index contributed by atoms with van der Waals surface area (Å²) in [6, 6.07) is 2.70. The molecule has 12 nitrogen and oxygen atoms in total. The van der Waals surface area contributed by atoms with Crippen LogP contribution in [0.3, 0.4) is 0 Å². The van der Waals surface area contributed by atoms with Gasteiger partial charge in [0.15, 0.2) is 0 Å². The van der Waals surface area contributed by atoms with Crippen molar-refractivity contribution in [2.24, 2.45) is 17.6 Å². The van der Waals surface area contributed by atoms with Crippen LogP contribution in [0.5, 0.6) is 5.75 Å². The molecule has 216 valence electrons. The number of nitrogens with two attached hydrogens (primary N) is 1. The maximum absolute atomic E-state index is 13.5. The lowest BCUT2D eigenvalue weighted by Crippen LogP contribution is -2.59. The minimum absolute atomic E-state index is 0.0403. The molecular weight excluding hydrogens is 506 g/mol. The van der Waals surface area contributed by atoms with Gasteiger partial charge in [-0.3, -0.25) is 24.0 Å². The topological polar surface area (TPSA) is 191 Å². The number of nitrogens with one attached hydrogen (secondary N) is 3. The lowest BCUT2D eigenvalue weighted by Gasteiger charge is -2.32. The van der Waals surface area contributed by atoms with E-state index in [0.29, 0.717) is 25.8 Å². The number of amides is 4. The van der Waals surface area contributed by atoms with Gasteiger partial charge in [-0.1, -0.05) is 39.8 Å². The summed E-state index contributed by atoms with van der Waals surface area (Å²) in [5.41, 5.74) is 6.85. The molecule has 2 rings (SSSR count). The third-order valence-electron chi connectivity index (χ3n) is 6.55. The number of hydrogen-bond donors (Lipinski definition) is 6. The minimum Gasteiger partial charge on any atom is -0.508 e. The Balaban J connectivity index is 2.09. The Kier molecular flexibility index (Phi) is 11.7. The van der Waals surface area contributed by atoms with E-state index >= 15 is 0 Å². The van der Waals surface area contributed by atoms with Crippen molar-refractivity contribution in [2.75, 3.05) is 13.1 Å². The number of carbonyl (C=O) groups excluding carboxylic acids is 4. The summed E-state index contributed by atoms with van der Waals surface area (Å²) in [7, 11) is 0. The van der Waals surface area contributed by atoms with E-state index in [1.165, 1.54) is 17.0 Å². The number of aromatic hydroxyl groups is 1. The molecule has 0 aromatic heterocycles. The largest absolute Gasteiger partial charge is 0.508 e. The highest BCUT2D eigenvalue weighted by Crippen LogP contribution is 2.21. The number of likely N-dealkylation sites (tertiary alicyclic amines) is 1. The van der Waals surface area contributed by atoms with Crippen LogP contribution in [-0.4, -0.2) is 82.0 Å². The summed E-state index contributed by atoms with van der Waals surface area (Å²) in [5, 5.41) is 26.0. The molecule has 1 saturated heterocycles. The van der Waals surface area contributed by atoms with Gasteiger partial charge in [-0.25, -0.2) is 0 Å². The van der Waals surface area contributed by atoms with Crippen LogP contribution in [0, 0.1) is 11.8 Å². The van der Waals surface area contributed by atoms with Crippen molar-refractivity contribution in [1.29, 1.82) is 0 Å². The third-order valence-corrected chi connectivity index (χ3v) is 6.55. The first kappa shape index (κ1) is 31.5. The quantitative estimate of drug-likeness (QED) is 0.201. The first-order chi connectivity index (χ1) is 18.3. The van der Waals surface area contributed by atoms with Crippen molar-refractivity contribution >= 4 is 29.6 Å². The molecular formula is C27H41N5O7. The molecule has 1 fully saturated rings. The summed E-state index contributed by atoms with van der Waals surface area (Å²) in [6.45, 7) is 7.06. The van der Waals surface area contributed by atoms with E-state index in [1.807, 2.05) is 13.8 Å². The van der Waals surface area contributed by atoms with Gasteiger partial charge in [-0.05, 0) is 55.2 Å². The highest BCUT2D eigenvalue weighted by molar-refractivity contribution is 5.95. The van der Waals surface area contributed by atoms with Gasteiger partial charge in [0.25, 0.3) is 0 Å². The average Bonchev–Trinajstić information content (AvgIpc) is 3.36. The maximum atomic E-state index is 13.5. The molecule has 0 unspecified atom stereocenters. The van der Waals surface area contributed by atoms with Crippen molar-refractivity contribution in [1.82, 2.24) is 20.9 Å². The van der Waals surface area contributed by atoms with E-state index in [4.69, 9.17) is 10.8 Å². The first-order valence-electron chi connectivity index (χ1n) is 13.2. The summed E-state index contributed by atoms with van der Waals surface area (Å²) >= 11 is 0. The van der Waals surface area contributed by atoms with Gasteiger partial charge in [0.05, 0.1) is 6.04 Å². The molecule has 1 aliphatic heterocycles. The summed E-state index contributed by atoms with van der Waals surface area (Å²) in [6.07, 6.45) is 1.47. The zero-order valence-electron chi connectivity index (χ0n) is 23.0. The molecule has 39 heavy (non-hydrogen) atoms. The normalized spacial score (nSPS) is 17.4. The smallest absolute Gasteiger partial charge is 0.322 e. The second-order valence-corrected chi connectivity index (χ2v) is 10.7. The molecule has 0 aliphatic carbocycles. The van der Waals surface area contributed by atoms with E-state index in [9.17, 15) is 29.1 Å². The number of aliphatic carboxylic acids is 1. The summed E-state index contributed by atoms with van der Waals surface area (Å²) in [5.74, 6) is -3.38. The van der Waals surface area contributed by atoms with Crippen LogP contribution in [0.2, 0.25) is 0 Å². The number of hydrogen-bond acceptors (Lipinski definition) is 7. The molecule has 0 saturated carbocycles. The predicted octanol–water partition coefficient (Wildman–Crippen LogP) is 0.126. The van der Waals surface area contributed by atoms with Crippen LogP contribution in [0.1, 0.15) is 52.5 Å². The molecule has 1 aromatic rings. The maximum Gasteiger partial charge on any atom is 0.322 e.